The zero-order chi connectivity index (χ0) is 11.2. The molecule has 0 aliphatic heterocycles. The Balaban J connectivity index is 1.89. The molecular weight excluding hydrogens is 182 g/mol. The van der Waals surface area contributed by atoms with E-state index < -0.39 is 0 Å². The number of hydrogen-bond donors (Lipinski definition) is 1. The van der Waals surface area contributed by atoms with Gasteiger partial charge >= 0.3 is 0 Å². The van der Waals surface area contributed by atoms with Gasteiger partial charge < -0.3 is 5.73 Å². The van der Waals surface area contributed by atoms with Crippen molar-refractivity contribution in [3.63, 3.8) is 0 Å². The highest BCUT2D eigenvalue weighted by atomic mass is 14.7. The van der Waals surface area contributed by atoms with Gasteiger partial charge in [-0.05, 0) is 48.3 Å². The van der Waals surface area contributed by atoms with Gasteiger partial charge in [-0.25, -0.2) is 0 Å². The molecule has 5 atom stereocenters. The topological polar surface area (TPSA) is 26.0 Å². The minimum Gasteiger partial charge on any atom is -0.327 e. The third-order valence-electron chi connectivity index (χ3n) is 5.24. The molecule has 0 radical (unpaired) electrons. The van der Waals surface area contributed by atoms with Crippen molar-refractivity contribution >= 4 is 0 Å². The molecule has 0 bridgehead atoms. The lowest BCUT2D eigenvalue weighted by Gasteiger charge is -2.36. The summed E-state index contributed by atoms with van der Waals surface area (Å²) in [5, 5.41) is 0. The molecule has 2 aliphatic rings. The highest BCUT2D eigenvalue weighted by Gasteiger charge is 2.51. The summed E-state index contributed by atoms with van der Waals surface area (Å²) in [4.78, 5) is 0. The van der Waals surface area contributed by atoms with E-state index in [0.29, 0.717) is 11.5 Å². The summed E-state index contributed by atoms with van der Waals surface area (Å²) in [6, 6.07) is 0.481. The average molecular weight is 209 g/mol. The van der Waals surface area contributed by atoms with Crippen molar-refractivity contribution in [2.75, 3.05) is 0 Å². The maximum atomic E-state index is 6.44. The standard InChI is InChI=1S/C14H27N/c1-9-5-6-11(7-10(9)2)13(15)12-8-14(12,3)4/h9-13H,5-8,15H2,1-4H3. The average Bonchev–Trinajstić information content (AvgIpc) is 2.79. The quantitative estimate of drug-likeness (QED) is 0.741. The van der Waals surface area contributed by atoms with Crippen molar-refractivity contribution in [3.05, 3.63) is 0 Å². The van der Waals surface area contributed by atoms with Gasteiger partial charge in [-0.15, -0.1) is 0 Å². The van der Waals surface area contributed by atoms with Crippen molar-refractivity contribution in [2.24, 2.45) is 34.8 Å². The summed E-state index contributed by atoms with van der Waals surface area (Å²) in [7, 11) is 0. The van der Waals surface area contributed by atoms with Crippen LogP contribution in [-0.4, -0.2) is 6.04 Å². The Kier molecular flexibility index (Phi) is 2.87. The summed E-state index contributed by atoms with van der Waals surface area (Å²) in [5.74, 6) is 3.42. The second-order valence-electron chi connectivity index (χ2n) is 6.90. The fourth-order valence-electron chi connectivity index (χ4n) is 3.43. The summed E-state index contributed by atoms with van der Waals surface area (Å²) < 4.78 is 0. The first-order valence-corrected chi connectivity index (χ1v) is 6.67. The molecule has 0 aromatic heterocycles. The van der Waals surface area contributed by atoms with Gasteiger partial charge in [0.1, 0.15) is 0 Å². The van der Waals surface area contributed by atoms with Crippen molar-refractivity contribution in [1.29, 1.82) is 0 Å². The molecule has 2 saturated carbocycles. The van der Waals surface area contributed by atoms with E-state index in [4.69, 9.17) is 5.73 Å². The highest BCUT2D eigenvalue weighted by molar-refractivity contribution is 5.03. The normalized spacial score (nSPS) is 46.2. The van der Waals surface area contributed by atoms with Crippen molar-refractivity contribution < 1.29 is 0 Å². The largest absolute Gasteiger partial charge is 0.327 e. The molecule has 2 N–H and O–H groups in total. The molecule has 5 unspecified atom stereocenters. The summed E-state index contributed by atoms with van der Waals surface area (Å²) in [5.41, 5.74) is 6.98. The molecule has 0 amide bonds. The molecule has 1 nitrogen and oxygen atoms in total. The van der Waals surface area contributed by atoms with Crippen LogP contribution < -0.4 is 5.73 Å². The van der Waals surface area contributed by atoms with E-state index in [1.54, 1.807) is 0 Å². The Morgan fingerprint density at radius 1 is 1.13 bits per heavy atom. The van der Waals surface area contributed by atoms with Gasteiger partial charge in [0.2, 0.25) is 0 Å². The lowest BCUT2D eigenvalue weighted by molar-refractivity contribution is 0.172. The predicted molar refractivity (Wildman–Crippen MR) is 65.5 cm³/mol. The molecule has 0 saturated heterocycles. The molecule has 0 aromatic carbocycles. The maximum Gasteiger partial charge on any atom is 0.0101 e. The van der Waals surface area contributed by atoms with Crippen LogP contribution in [0.1, 0.15) is 53.4 Å². The van der Waals surface area contributed by atoms with Gasteiger partial charge in [0.05, 0.1) is 0 Å². The summed E-state index contributed by atoms with van der Waals surface area (Å²) >= 11 is 0. The Bertz CT molecular complexity index is 233. The van der Waals surface area contributed by atoms with E-state index in [0.717, 1.165) is 23.7 Å². The van der Waals surface area contributed by atoms with E-state index in [-0.39, 0.29) is 0 Å². The first-order valence-electron chi connectivity index (χ1n) is 6.67. The van der Waals surface area contributed by atoms with E-state index >= 15 is 0 Å². The Morgan fingerprint density at radius 2 is 1.73 bits per heavy atom. The molecule has 2 fully saturated rings. The molecule has 2 aliphatic carbocycles. The molecular formula is C14H27N. The summed E-state index contributed by atoms with van der Waals surface area (Å²) in [6.45, 7) is 9.54. The number of hydrogen-bond acceptors (Lipinski definition) is 1. The van der Waals surface area contributed by atoms with Crippen molar-refractivity contribution in [2.45, 2.75) is 59.4 Å². The van der Waals surface area contributed by atoms with E-state index in [2.05, 4.69) is 27.7 Å². The zero-order valence-electron chi connectivity index (χ0n) is 10.8. The SMILES string of the molecule is CC1CCC(C(N)C2CC2(C)C)CC1C. The monoisotopic (exact) mass is 209 g/mol. The molecule has 2 rings (SSSR count). The van der Waals surface area contributed by atoms with Crippen LogP contribution >= 0.6 is 0 Å². The van der Waals surface area contributed by atoms with Crippen molar-refractivity contribution in [3.8, 4) is 0 Å². The van der Waals surface area contributed by atoms with Crippen LogP contribution in [0.5, 0.6) is 0 Å². The molecule has 1 heteroatoms. The molecule has 0 heterocycles. The second-order valence-corrected chi connectivity index (χ2v) is 6.90. The minimum atomic E-state index is 0.481. The third kappa shape index (κ3) is 2.22. The molecule has 0 aromatic rings. The number of rotatable bonds is 2. The van der Waals surface area contributed by atoms with Gasteiger partial charge in [-0.3, -0.25) is 0 Å². The van der Waals surface area contributed by atoms with Crippen LogP contribution in [0.25, 0.3) is 0 Å². The zero-order valence-corrected chi connectivity index (χ0v) is 10.8. The van der Waals surface area contributed by atoms with E-state index in [1.807, 2.05) is 0 Å². The Labute approximate surface area is 94.8 Å². The molecule has 15 heavy (non-hydrogen) atoms. The summed E-state index contributed by atoms with van der Waals surface area (Å²) in [6.07, 6.45) is 5.50. The Hall–Kier alpha value is -0.0400. The van der Waals surface area contributed by atoms with Crippen LogP contribution in [0, 0.1) is 29.1 Å². The van der Waals surface area contributed by atoms with E-state index in [1.165, 1.54) is 25.7 Å². The smallest absolute Gasteiger partial charge is 0.0101 e. The fourth-order valence-corrected chi connectivity index (χ4v) is 3.43. The number of nitrogens with two attached hydrogens (primary N) is 1. The third-order valence-corrected chi connectivity index (χ3v) is 5.24. The van der Waals surface area contributed by atoms with Crippen LogP contribution in [-0.2, 0) is 0 Å². The maximum absolute atomic E-state index is 6.44. The van der Waals surface area contributed by atoms with Crippen LogP contribution in [0.2, 0.25) is 0 Å². The Morgan fingerprint density at radius 3 is 2.20 bits per heavy atom. The molecule has 0 spiro atoms. The lowest BCUT2D eigenvalue weighted by Crippen LogP contribution is -2.38. The van der Waals surface area contributed by atoms with Gasteiger partial charge in [0, 0.05) is 6.04 Å². The first kappa shape index (κ1) is 11.4. The van der Waals surface area contributed by atoms with Crippen molar-refractivity contribution in [1.82, 2.24) is 0 Å². The first-order chi connectivity index (χ1) is 6.92. The van der Waals surface area contributed by atoms with Gasteiger partial charge in [0.15, 0.2) is 0 Å². The lowest BCUT2D eigenvalue weighted by atomic mass is 9.72. The minimum absolute atomic E-state index is 0.481. The van der Waals surface area contributed by atoms with Gasteiger partial charge in [-0.2, -0.15) is 0 Å². The fraction of sp³-hybridized carbons (Fsp3) is 1.00. The van der Waals surface area contributed by atoms with Crippen LogP contribution in [0.4, 0.5) is 0 Å². The van der Waals surface area contributed by atoms with Crippen LogP contribution in [0.15, 0.2) is 0 Å². The van der Waals surface area contributed by atoms with Gasteiger partial charge in [-0.1, -0.05) is 34.1 Å². The van der Waals surface area contributed by atoms with E-state index in [9.17, 15) is 0 Å². The van der Waals surface area contributed by atoms with Gasteiger partial charge in [0.25, 0.3) is 0 Å². The second kappa shape index (κ2) is 3.76. The predicted octanol–water partition coefficient (Wildman–Crippen LogP) is 3.43. The highest BCUT2D eigenvalue weighted by Crippen LogP contribution is 2.55. The van der Waals surface area contributed by atoms with Crippen LogP contribution in [0.3, 0.4) is 0 Å². The molecule has 88 valence electrons.